The zero-order chi connectivity index (χ0) is 27.7. The van der Waals surface area contributed by atoms with Crippen molar-refractivity contribution in [3.8, 4) is 11.1 Å². The van der Waals surface area contributed by atoms with Gasteiger partial charge in [-0.25, -0.2) is 28.1 Å². The minimum absolute atomic E-state index is 0. The molecule has 1 N–H and O–H groups in total. The summed E-state index contributed by atoms with van der Waals surface area (Å²) in [6.07, 6.45) is 6.73. The van der Waals surface area contributed by atoms with Crippen LogP contribution in [0.5, 0.6) is 0 Å². The van der Waals surface area contributed by atoms with Gasteiger partial charge in [0.2, 0.25) is 5.95 Å². The number of alkyl halides is 2. The van der Waals surface area contributed by atoms with Gasteiger partial charge in [0.05, 0.1) is 12.5 Å². The van der Waals surface area contributed by atoms with E-state index in [-0.39, 0.29) is 32.8 Å². The van der Waals surface area contributed by atoms with Gasteiger partial charge in [-0.3, -0.25) is 4.79 Å². The maximum atomic E-state index is 14.8. The number of allylic oxidation sites excluding steroid dienone is 3. The lowest BCUT2D eigenvalue weighted by Gasteiger charge is -2.25. The predicted octanol–water partition coefficient (Wildman–Crippen LogP) is 6.58. The Labute approximate surface area is 222 Å². The van der Waals surface area contributed by atoms with E-state index in [0.717, 1.165) is 12.7 Å². The summed E-state index contributed by atoms with van der Waals surface area (Å²) in [5.74, 6) is -1.83. The summed E-state index contributed by atoms with van der Waals surface area (Å²) in [4.78, 5) is 25.5. The number of carbonyl (C=O) groups is 1. The van der Waals surface area contributed by atoms with Crippen molar-refractivity contribution in [2.75, 3.05) is 12.4 Å². The molecule has 0 saturated heterocycles. The lowest BCUT2D eigenvalue weighted by atomic mass is 9.94. The molecule has 1 saturated carbocycles. The van der Waals surface area contributed by atoms with Crippen LogP contribution in [0.2, 0.25) is 0 Å². The summed E-state index contributed by atoms with van der Waals surface area (Å²) in [6, 6.07) is 4.56. The number of nitrogens with zero attached hydrogens (tertiary/aromatic N) is 4. The van der Waals surface area contributed by atoms with Crippen molar-refractivity contribution < 1.29 is 25.6 Å². The molecule has 38 heavy (non-hydrogen) atoms. The smallest absolute Gasteiger partial charge is 0.257 e. The van der Waals surface area contributed by atoms with Gasteiger partial charge >= 0.3 is 0 Å². The van der Waals surface area contributed by atoms with Crippen LogP contribution in [-0.2, 0) is 23.0 Å². The Morgan fingerprint density at radius 1 is 1.29 bits per heavy atom. The Balaban J connectivity index is 0.00000280. The normalized spacial score (nSPS) is 14.8. The Morgan fingerprint density at radius 2 is 1.97 bits per heavy atom. The van der Waals surface area contributed by atoms with E-state index in [1.165, 1.54) is 19.3 Å². The van der Waals surface area contributed by atoms with E-state index in [0.29, 0.717) is 41.3 Å². The number of aromatic nitrogens is 4. The average Bonchev–Trinajstić information content (AvgIpc) is 3.60. The van der Waals surface area contributed by atoms with Crippen molar-refractivity contribution in [1.29, 1.82) is 0 Å². The predicted molar refractivity (Wildman–Crippen MR) is 143 cm³/mol. The highest BCUT2D eigenvalue weighted by Crippen LogP contribution is 2.61. The van der Waals surface area contributed by atoms with Crippen LogP contribution in [0.15, 0.2) is 60.8 Å². The summed E-state index contributed by atoms with van der Waals surface area (Å²) >= 11 is 0. The molecular formula is C28H34F3N5O2. The summed E-state index contributed by atoms with van der Waals surface area (Å²) < 4.78 is 50.0. The molecule has 4 rings (SSSR count). The molecule has 2 aromatic heterocycles. The van der Waals surface area contributed by atoms with Gasteiger partial charge in [-0.05, 0) is 48.6 Å². The minimum atomic E-state index is -2.94. The third-order valence-corrected chi connectivity index (χ3v) is 6.82. The number of Topliss-reactive ketones (excluding diaryl/α,β-unsaturated/α-hetero) is 1. The molecule has 3 aromatic rings. The fourth-order valence-electron chi connectivity index (χ4n) is 4.33. The number of hydrogen-bond donors (Lipinski definition) is 1. The molecule has 204 valence electrons. The van der Waals surface area contributed by atoms with E-state index in [9.17, 15) is 18.0 Å². The second kappa shape index (κ2) is 10.4. The fraction of sp³-hybridized carbons (Fsp3) is 0.357. The quantitative estimate of drug-likeness (QED) is 0.223. The number of aryl methyl sites for hydroxylation is 2. The molecular weight excluding hydrogens is 495 g/mol. The van der Waals surface area contributed by atoms with Gasteiger partial charge < -0.3 is 14.6 Å². The molecule has 0 bridgehead atoms. The van der Waals surface area contributed by atoms with Crippen molar-refractivity contribution in [3.63, 3.8) is 0 Å². The number of benzene rings is 1. The SMILES string of the molecule is C=C(/C=C(\OC)C1(C(C)(F)F)CC1)CC(=O)Cc1ccc(-c2cnc(Nc3cn(C)c(C)n3)nc2)cc1F.[HH].[HH]. The molecule has 0 radical (unpaired) electrons. The molecule has 10 heteroatoms. The zero-order valence-corrected chi connectivity index (χ0v) is 21.8. The average molecular weight is 530 g/mol. The molecule has 1 fully saturated rings. The van der Waals surface area contributed by atoms with E-state index in [1.54, 1.807) is 24.5 Å². The van der Waals surface area contributed by atoms with Crippen LogP contribution in [0, 0.1) is 18.2 Å². The molecule has 0 spiro atoms. The van der Waals surface area contributed by atoms with Crippen LogP contribution in [0.3, 0.4) is 0 Å². The standard InChI is InChI=1S/C28H30F3N5O2.2H2/c1-17(11-24(38-5)28(8-9-28)27(3,30)31)10-22(37)12-20-7-6-19(13-23(20)29)21-14-32-26(33-15-21)35-25-16-36(4)18(2)34-25;;/h6-7,11,13-16H,1,8-10,12H2,2-5H3,(H,32,33,35);2*1H/b24-11-;;. The number of methoxy groups -OCH3 is 1. The second-order valence-electron chi connectivity index (χ2n) is 9.74. The summed E-state index contributed by atoms with van der Waals surface area (Å²) in [5.41, 5.74) is 0.394. The number of carbonyl (C=O) groups excluding carboxylic acids is 1. The number of ether oxygens (including phenoxy) is 1. The molecule has 0 aliphatic heterocycles. The lowest BCUT2D eigenvalue weighted by molar-refractivity contribution is -0.117. The van der Waals surface area contributed by atoms with E-state index in [1.807, 2.05) is 24.7 Å². The number of anilines is 2. The molecule has 1 aromatic carbocycles. The van der Waals surface area contributed by atoms with E-state index in [4.69, 9.17) is 4.74 Å². The summed E-state index contributed by atoms with van der Waals surface area (Å²) in [5, 5.41) is 3.01. The zero-order valence-electron chi connectivity index (χ0n) is 21.8. The maximum Gasteiger partial charge on any atom is 0.257 e. The third-order valence-electron chi connectivity index (χ3n) is 6.82. The highest BCUT2D eigenvalue weighted by Gasteiger charge is 2.62. The van der Waals surface area contributed by atoms with Crippen molar-refractivity contribution in [1.82, 2.24) is 19.5 Å². The van der Waals surface area contributed by atoms with Crippen LogP contribution in [0.4, 0.5) is 24.9 Å². The minimum Gasteiger partial charge on any atom is -0.500 e. The Kier molecular flexibility index (Phi) is 7.44. The van der Waals surface area contributed by atoms with Crippen molar-refractivity contribution >= 4 is 17.5 Å². The summed E-state index contributed by atoms with van der Waals surface area (Å²) in [6.45, 7) is 6.57. The van der Waals surface area contributed by atoms with Gasteiger partial charge in [0, 0.05) is 53.8 Å². The van der Waals surface area contributed by atoms with Gasteiger partial charge in [0.25, 0.3) is 5.92 Å². The van der Waals surface area contributed by atoms with Crippen LogP contribution in [0.1, 0.15) is 40.4 Å². The first kappa shape index (κ1) is 27.1. The van der Waals surface area contributed by atoms with Gasteiger partial charge in [-0.1, -0.05) is 18.7 Å². The first-order valence-corrected chi connectivity index (χ1v) is 12.1. The second-order valence-corrected chi connectivity index (χ2v) is 9.74. The lowest BCUT2D eigenvalue weighted by Crippen LogP contribution is -2.28. The van der Waals surface area contributed by atoms with Gasteiger partial charge in [0.1, 0.15) is 23.2 Å². The Morgan fingerprint density at radius 3 is 2.50 bits per heavy atom. The molecule has 0 amide bonds. The molecule has 7 nitrogen and oxygen atoms in total. The Bertz CT molecular complexity index is 1380. The summed E-state index contributed by atoms with van der Waals surface area (Å²) in [7, 11) is 3.22. The van der Waals surface area contributed by atoms with E-state index >= 15 is 0 Å². The number of rotatable bonds is 11. The first-order valence-electron chi connectivity index (χ1n) is 12.1. The molecule has 0 atom stereocenters. The third kappa shape index (κ3) is 5.79. The molecule has 1 aliphatic rings. The molecule has 0 unspecified atom stereocenters. The molecule has 2 heterocycles. The number of imidazole rings is 1. The van der Waals surface area contributed by atoms with E-state index < -0.39 is 17.2 Å². The van der Waals surface area contributed by atoms with Crippen LogP contribution in [0.25, 0.3) is 11.1 Å². The topological polar surface area (TPSA) is 81.9 Å². The van der Waals surface area contributed by atoms with Crippen LogP contribution in [-0.4, -0.2) is 38.3 Å². The highest BCUT2D eigenvalue weighted by atomic mass is 19.3. The van der Waals surface area contributed by atoms with Gasteiger partial charge in [-0.15, -0.1) is 0 Å². The van der Waals surface area contributed by atoms with Crippen molar-refractivity contribution in [3.05, 3.63) is 78.0 Å². The van der Waals surface area contributed by atoms with Crippen molar-refractivity contribution in [2.24, 2.45) is 12.5 Å². The first-order chi connectivity index (χ1) is 17.9. The number of halogens is 3. The van der Waals surface area contributed by atoms with Crippen LogP contribution >= 0.6 is 0 Å². The maximum absolute atomic E-state index is 14.8. The van der Waals surface area contributed by atoms with E-state index in [2.05, 4.69) is 26.8 Å². The van der Waals surface area contributed by atoms with Crippen LogP contribution < -0.4 is 5.32 Å². The fourth-order valence-corrected chi connectivity index (χ4v) is 4.33. The van der Waals surface area contributed by atoms with Crippen molar-refractivity contribution in [2.45, 2.75) is 45.5 Å². The van der Waals surface area contributed by atoms with Gasteiger partial charge in [-0.2, -0.15) is 0 Å². The number of hydrogen-bond acceptors (Lipinski definition) is 6. The number of ketones is 1. The largest absolute Gasteiger partial charge is 0.500 e. The number of nitrogens with one attached hydrogen (secondary N) is 1. The van der Waals surface area contributed by atoms with Gasteiger partial charge in [0.15, 0.2) is 5.82 Å². The Hall–Kier alpha value is -3.95. The highest BCUT2D eigenvalue weighted by molar-refractivity contribution is 5.83. The molecule has 1 aliphatic carbocycles. The monoisotopic (exact) mass is 529 g/mol.